The highest BCUT2D eigenvalue weighted by Crippen LogP contribution is 2.35. The van der Waals surface area contributed by atoms with Crippen molar-refractivity contribution in [1.82, 2.24) is 5.32 Å². The average Bonchev–Trinajstić information content (AvgIpc) is 3.22. The minimum Gasteiger partial charge on any atom is -0.369 e. The number of hydrogen-bond acceptors (Lipinski definition) is 3. The molecule has 1 fully saturated rings. The first-order chi connectivity index (χ1) is 13.5. The summed E-state index contributed by atoms with van der Waals surface area (Å²) in [5.74, 6) is -1.44. The van der Waals surface area contributed by atoms with Gasteiger partial charge in [0.2, 0.25) is 5.91 Å². The van der Waals surface area contributed by atoms with Crippen molar-refractivity contribution in [2.45, 2.75) is 38.1 Å². The van der Waals surface area contributed by atoms with Crippen molar-refractivity contribution in [1.29, 1.82) is 0 Å². The van der Waals surface area contributed by atoms with Gasteiger partial charge in [-0.05, 0) is 42.0 Å². The molecular formula is C22H25N3O3. The lowest BCUT2D eigenvalue weighted by Gasteiger charge is -2.25. The monoisotopic (exact) mass is 379 g/mol. The molecule has 1 atom stereocenters. The van der Waals surface area contributed by atoms with Crippen LogP contribution < -0.4 is 16.4 Å². The lowest BCUT2D eigenvalue weighted by atomic mass is 9.91. The van der Waals surface area contributed by atoms with Crippen molar-refractivity contribution in [2.24, 2.45) is 11.7 Å². The van der Waals surface area contributed by atoms with E-state index in [9.17, 15) is 14.4 Å². The maximum Gasteiger partial charge on any atom is 0.313 e. The predicted octanol–water partition coefficient (Wildman–Crippen LogP) is 2.70. The fourth-order valence-corrected chi connectivity index (χ4v) is 3.73. The number of carbonyl (C=O) groups excluding carboxylic acids is 3. The highest BCUT2D eigenvalue weighted by Gasteiger charge is 2.29. The number of hydrogen-bond donors (Lipinski definition) is 3. The van der Waals surface area contributed by atoms with Crippen LogP contribution in [0.25, 0.3) is 0 Å². The Kier molecular flexibility index (Phi) is 6.42. The highest BCUT2D eigenvalue weighted by atomic mass is 16.2. The average molecular weight is 379 g/mol. The summed E-state index contributed by atoms with van der Waals surface area (Å²) in [5, 5.41) is 5.52. The Morgan fingerprint density at radius 3 is 2.18 bits per heavy atom. The number of carbonyl (C=O) groups is 3. The summed E-state index contributed by atoms with van der Waals surface area (Å²) in [6, 6.07) is 16.3. The summed E-state index contributed by atoms with van der Waals surface area (Å²) in [6.45, 7) is 0. The van der Waals surface area contributed by atoms with Gasteiger partial charge < -0.3 is 16.4 Å². The Morgan fingerprint density at radius 2 is 1.57 bits per heavy atom. The fraction of sp³-hybridized carbons (Fsp3) is 0.318. The normalized spacial score (nSPS) is 15.0. The molecule has 0 saturated heterocycles. The van der Waals surface area contributed by atoms with Crippen LogP contribution in [-0.2, 0) is 20.8 Å². The van der Waals surface area contributed by atoms with Crippen LogP contribution in [0.1, 0.15) is 42.9 Å². The van der Waals surface area contributed by atoms with E-state index in [2.05, 4.69) is 10.6 Å². The van der Waals surface area contributed by atoms with Crippen LogP contribution in [-0.4, -0.2) is 17.7 Å². The predicted molar refractivity (Wildman–Crippen MR) is 107 cm³/mol. The van der Waals surface area contributed by atoms with Crippen molar-refractivity contribution < 1.29 is 14.4 Å². The van der Waals surface area contributed by atoms with Gasteiger partial charge in [-0.1, -0.05) is 55.3 Å². The van der Waals surface area contributed by atoms with Gasteiger partial charge in [-0.3, -0.25) is 14.4 Å². The van der Waals surface area contributed by atoms with Crippen LogP contribution >= 0.6 is 0 Å². The Morgan fingerprint density at radius 1 is 0.929 bits per heavy atom. The summed E-state index contributed by atoms with van der Waals surface area (Å²) >= 11 is 0. The van der Waals surface area contributed by atoms with Crippen molar-refractivity contribution in [2.75, 3.05) is 5.32 Å². The molecule has 1 saturated carbocycles. The zero-order valence-corrected chi connectivity index (χ0v) is 15.7. The van der Waals surface area contributed by atoms with Crippen molar-refractivity contribution in [3.8, 4) is 0 Å². The Hall–Kier alpha value is -3.15. The van der Waals surface area contributed by atoms with Crippen LogP contribution in [0.5, 0.6) is 0 Å². The molecular weight excluding hydrogens is 354 g/mol. The number of anilines is 1. The third kappa shape index (κ3) is 5.19. The molecule has 2 aromatic carbocycles. The highest BCUT2D eigenvalue weighted by molar-refractivity contribution is 6.39. The summed E-state index contributed by atoms with van der Waals surface area (Å²) in [5.41, 5.74) is 7.43. The first-order valence-corrected chi connectivity index (χ1v) is 9.57. The van der Waals surface area contributed by atoms with E-state index in [1.807, 2.05) is 30.3 Å². The molecule has 1 aliphatic carbocycles. The standard InChI is InChI=1S/C22H25N3O3/c23-19(26)14-15-10-12-18(13-11-15)24-21(27)22(28)25-20(17-8-4-5-9-17)16-6-2-1-3-7-16/h1-3,6-7,10-13,17,20H,4-5,8-9,14H2,(H2,23,26)(H,24,27)(H,25,28). The molecule has 1 aliphatic rings. The molecule has 6 nitrogen and oxygen atoms in total. The number of nitrogens with two attached hydrogens (primary N) is 1. The van der Waals surface area contributed by atoms with Gasteiger partial charge in [0.15, 0.2) is 0 Å². The van der Waals surface area contributed by atoms with Crippen LogP contribution in [0.15, 0.2) is 54.6 Å². The van der Waals surface area contributed by atoms with Gasteiger partial charge in [-0.15, -0.1) is 0 Å². The largest absolute Gasteiger partial charge is 0.369 e. The zero-order valence-electron chi connectivity index (χ0n) is 15.7. The van der Waals surface area contributed by atoms with Gasteiger partial charge in [-0.2, -0.15) is 0 Å². The summed E-state index contributed by atoms with van der Waals surface area (Å²) in [4.78, 5) is 35.8. The van der Waals surface area contributed by atoms with E-state index in [0.717, 1.165) is 36.8 Å². The van der Waals surface area contributed by atoms with Gasteiger partial charge >= 0.3 is 11.8 Å². The zero-order chi connectivity index (χ0) is 19.9. The molecule has 0 heterocycles. The third-order valence-electron chi connectivity index (χ3n) is 5.11. The third-order valence-corrected chi connectivity index (χ3v) is 5.11. The van der Waals surface area contributed by atoms with E-state index in [0.29, 0.717) is 11.6 Å². The molecule has 0 spiro atoms. The minimum absolute atomic E-state index is 0.134. The second-order valence-corrected chi connectivity index (χ2v) is 7.20. The molecule has 0 aromatic heterocycles. The van der Waals surface area contributed by atoms with Crippen LogP contribution in [0.2, 0.25) is 0 Å². The van der Waals surface area contributed by atoms with E-state index in [-0.39, 0.29) is 12.5 Å². The summed E-state index contributed by atoms with van der Waals surface area (Å²) in [7, 11) is 0. The molecule has 0 aliphatic heterocycles. The quantitative estimate of drug-likeness (QED) is 0.673. The lowest BCUT2D eigenvalue weighted by molar-refractivity contribution is -0.136. The first kappa shape index (κ1) is 19.6. The molecule has 146 valence electrons. The molecule has 3 rings (SSSR count). The van der Waals surface area contributed by atoms with Crippen molar-refractivity contribution in [3.05, 3.63) is 65.7 Å². The van der Waals surface area contributed by atoms with Crippen LogP contribution in [0, 0.1) is 5.92 Å². The van der Waals surface area contributed by atoms with E-state index >= 15 is 0 Å². The smallest absolute Gasteiger partial charge is 0.313 e. The minimum atomic E-state index is -0.707. The topological polar surface area (TPSA) is 101 Å². The van der Waals surface area contributed by atoms with Crippen molar-refractivity contribution >= 4 is 23.4 Å². The molecule has 2 aromatic rings. The number of nitrogens with one attached hydrogen (secondary N) is 2. The molecule has 28 heavy (non-hydrogen) atoms. The second kappa shape index (κ2) is 9.17. The second-order valence-electron chi connectivity index (χ2n) is 7.20. The van der Waals surface area contributed by atoms with Crippen molar-refractivity contribution in [3.63, 3.8) is 0 Å². The molecule has 4 N–H and O–H groups in total. The van der Waals surface area contributed by atoms with Crippen LogP contribution in [0.4, 0.5) is 5.69 Å². The van der Waals surface area contributed by atoms with Crippen LogP contribution in [0.3, 0.4) is 0 Å². The van der Waals surface area contributed by atoms with E-state index in [1.54, 1.807) is 24.3 Å². The lowest BCUT2D eigenvalue weighted by Crippen LogP contribution is -2.40. The number of benzene rings is 2. The molecule has 3 amide bonds. The van der Waals surface area contributed by atoms with E-state index < -0.39 is 17.7 Å². The Bertz CT molecular complexity index is 828. The molecule has 6 heteroatoms. The summed E-state index contributed by atoms with van der Waals surface area (Å²) < 4.78 is 0. The number of rotatable bonds is 6. The maximum atomic E-state index is 12.5. The van der Waals surface area contributed by atoms with Gasteiger partial charge in [0.25, 0.3) is 0 Å². The van der Waals surface area contributed by atoms with Gasteiger partial charge in [0.1, 0.15) is 0 Å². The number of amides is 3. The van der Waals surface area contributed by atoms with E-state index in [1.165, 1.54) is 0 Å². The Balaban J connectivity index is 1.64. The van der Waals surface area contributed by atoms with E-state index in [4.69, 9.17) is 5.73 Å². The molecule has 0 bridgehead atoms. The molecule has 0 radical (unpaired) electrons. The van der Waals surface area contributed by atoms with Gasteiger partial charge in [-0.25, -0.2) is 0 Å². The Labute approximate surface area is 164 Å². The van der Waals surface area contributed by atoms with Gasteiger partial charge in [0, 0.05) is 5.69 Å². The summed E-state index contributed by atoms with van der Waals surface area (Å²) in [6.07, 6.45) is 4.52. The fourth-order valence-electron chi connectivity index (χ4n) is 3.73. The SMILES string of the molecule is NC(=O)Cc1ccc(NC(=O)C(=O)NC(c2ccccc2)C2CCCC2)cc1. The molecule has 1 unspecified atom stereocenters. The number of primary amides is 1. The first-order valence-electron chi connectivity index (χ1n) is 9.57. The van der Waals surface area contributed by atoms with Gasteiger partial charge in [0.05, 0.1) is 12.5 Å². The maximum absolute atomic E-state index is 12.5.